The Hall–Kier alpha value is -2.17. The summed E-state index contributed by atoms with van der Waals surface area (Å²) in [5.74, 6) is 0.674. The molecule has 0 saturated heterocycles. The minimum Gasteiger partial charge on any atom is -0.488 e. The minimum atomic E-state index is -0.202. The van der Waals surface area contributed by atoms with Crippen molar-refractivity contribution < 1.29 is 9.13 Å². The SMILES string of the molecule is Fc1ccc(CNCc2ccc(OCc3cccs3)cc2)cc1. The molecular formula is C19H18FNOS. The quantitative estimate of drug-likeness (QED) is 0.676. The molecule has 0 aliphatic carbocycles. The molecule has 1 aromatic heterocycles. The van der Waals surface area contributed by atoms with Crippen molar-refractivity contribution in [1.82, 2.24) is 5.32 Å². The lowest BCUT2D eigenvalue weighted by atomic mass is 10.2. The van der Waals surface area contributed by atoms with Gasteiger partial charge in [-0.25, -0.2) is 4.39 Å². The molecule has 2 aromatic carbocycles. The van der Waals surface area contributed by atoms with Gasteiger partial charge in [0.1, 0.15) is 18.2 Å². The van der Waals surface area contributed by atoms with E-state index in [0.717, 1.165) is 24.4 Å². The Balaban J connectivity index is 1.44. The molecule has 0 unspecified atom stereocenters. The standard InChI is InChI=1S/C19H18FNOS/c20-17-7-3-15(4-8-17)12-21-13-16-5-9-18(10-6-16)22-14-19-2-1-11-23-19/h1-11,21H,12-14H2. The second-order valence-electron chi connectivity index (χ2n) is 5.24. The van der Waals surface area contributed by atoms with Gasteiger partial charge in [0.15, 0.2) is 0 Å². The highest BCUT2D eigenvalue weighted by molar-refractivity contribution is 7.09. The molecule has 0 aliphatic rings. The van der Waals surface area contributed by atoms with Crippen molar-refractivity contribution in [3.05, 3.63) is 87.9 Å². The first-order valence-corrected chi connectivity index (χ1v) is 8.37. The van der Waals surface area contributed by atoms with Crippen molar-refractivity contribution in [3.63, 3.8) is 0 Å². The van der Waals surface area contributed by atoms with Gasteiger partial charge in [0.2, 0.25) is 0 Å². The van der Waals surface area contributed by atoms with E-state index in [1.54, 1.807) is 23.5 Å². The summed E-state index contributed by atoms with van der Waals surface area (Å²) in [6.45, 7) is 2.10. The molecule has 0 aliphatic heterocycles. The van der Waals surface area contributed by atoms with Crippen LogP contribution in [0, 0.1) is 5.82 Å². The Kier molecular flexibility index (Phi) is 5.40. The Labute approximate surface area is 139 Å². The molecule has 0 radical (unpaired) electrons. The summed E-state index contributed by atoms with van der Waals surface area (Å²) < 4.78 is 18.6. The normalized spacial score (nSPS) is 10.7. The first kappa shape index (κ1) is 15.7. The smallest absolute Gasteiger partial charge is 0.123 e. The van der Waals surface area contributed by atoms with Crippen molar-refractivity contribution in [2.45, 2.75) is 19.7 Å². The van der Waals surface area contributed by atoms with Crippen LogP contribution in [0.4, 0.5) is 4.39 Å². The molecular weight excluding hydrogens is 309 g/mol. The topological polar surface area (TPSA) is 21.3 Å². The highest BCUT2D eigenvalue weighted by Gasteiger charge is 1.99. The van der Waals surface area contributed by atoms with Crippen molar-refractivity contribution in [3.8, 4) is 5.75 Å². The lowest BCUT2D eigenvalue weighted by Gasteiger charge is -2.08. The van der Waals surface area contributed by atoms with E-state index < -0.39 is 0 Å². The fraction of sp³-hybridized carbons (Fsp3) is 0.158. The van der Waals surface area contributed by atoms with E-state index in [0.29, 0.717) is 6.61 Å². The van der Waals surface area contributed by atoms with Crippen LogP contribution in [0.25, 0.3) is 0 Å². The summed E-state index contributed by atoms with van der Waals surface area (Å²) in [7, 11) is 0. The van der Waals surface area contributed by atoms with E-state index in [-0.39, 0.29) is 5.82 Å². The van der Waals surface area contributed by atoms with Gasteiger partial charge < -0.3 is 10.1 Å². The van der Waals surface area contributed by atoms with Crippen LogP contribution in [-0.4, -0.2) is 0 Å². The number of thiophene rings is 1. The summed E-state index contributed by atoms with van der Waals surface area (Å²) in [4.78, 5) is 1.22. The lowest BCUT2D eigenvalue weighted by molar-refractivity contribution is 0.309. The fourth-order valence-electron chi connectivity index (χ4n) is 2.21. The molecule has 118 valence electrons. The van der Waals surface area contributed by atoms with Crippen LogP contribution in [0.15, 0.2) is 66.0 Å². The second kappa shape index (κ2) is 7.90. The van der Waals surface area contributed by atoms with Crippen LogP contribution in [0.2, 0.25) is 0 Å². The van der Waals surface area contributed by atoms with E-state index in [4.69, 9.17) is 4.74 Å². The Morgan fingerprint density at radius 2 is 1.52 bits per heavy atom. The third-order valence-corrected chi connectivity index (χ3v) is 4.31. The van der Waals surface area contributed by atoms with Gasteiger partial charge in [-0.1, -0.05) is 30.3 Å². The molecule has 3 rings (SSSR count). The van der Waals surface area contributed by atoms with Crippen LogP contribution < -0.4 is 10.1 Å². The van der Waals surface area contributed by atoms with Crippen LogP contribution in [0.3, 0.4) is 0 Å². The molecule has 0 fully saturated rings. The third-order valence-electron chi connectivity index (χ3n) is 3.46. The van der Waals surface area contributed by atoms with Crippen molar-refractivity contribution in [1.29, 1.82) is 0 Å². The number of nitrogens with one attached hydrogen (secondary N) is 1. The lowest BCUT2D eigenvalue weighted by Crippen LogP contribution is -2.12. The van der Waals surface area contributed by atoms with E-state index in [1.165, 1.54) is 22.6 Å². The van der Waals surface area contributed by atoms with Crippen molar-refractivity contribution in [2.75, 3.05) is 0 Å². The molecule has 2 nitrogen and oxygen atoms in total. The minimum absolute atomic E-state index is 0.202. The van der Waals surface area contributed by atoms with Gasteiger partial charge in [-0.2, -0.15) is 0 Å². The molecule has 4 heteroatoms. The number of benzene rings is 2. The summed E-state index contributed by atoms with van der Waals surface area (Å²) in [6.07, 6.45) is 0. The highest BCUT2D eigenvalue weighted by atomic mass is 32.1. The van der Waals surface area contributed by atoms with Gasteiger partial charge in [-0.15, -0.1) is 11.3 Å². The number of rotatable bonds is 7. The van der Waals surface area contributed by atoms with Crippen molar-refractivity contribution in [2.24, 2.45) is 0 Å². The van der Waals surface area contributed by atoms with E-state index in [2.05, 4.69) is 28.9 Å². The number of hydrogen-bond donors (Lipinski definition) is 1. The maximum atomic E-state index is 12.8. The van der Waals surface area contributed by atoms with Crippen molar-refractivity contribution >= 4 is 11.3 Å². The van der Waals surface area contributed by atoms with Gasteiger partial charge >= 0.3 is 0 Å². The Bertz CT molecular complexity index is 708. The molecule has 23 heavy (non-hydrogen) atoms. The summed E-state index contributed by atoms with van der Waals surface area (Å²) in [6, 6.07) is 18.7. The van der Waals surface area contributed by atoms with Gasteiger partial charge in [0.25, 0.3) is 0 Å². The van der Waals surface area contributed by atoms with E-state index in [9.17, 15) is 4.39 Å². The maximum Gasteiger partial charge on any atom is 0.123 e. The van der Waals surface area contributed by atoms with E-state index >= 15 is 0 Å². The van der Waals surface area contributed by atoms with Gasteiger partial charge in [0.05, 0.1) is 0 Å². The van der Waals surface area contributed by atoms with Crippen LogP contribution in [0.1, 0.15) is 16.0 Å². The average Bonchev–Trinajstić information content (AvgIpc) is 3.09. The molecule has 0 saturated carbocycles. The maximum absolute atomic E-state index is 12.8. The molecule has 0 atom stereocenters. The van der Waals surface area contributed by atoms with Crippen LogP contribution in [0.5, 0.6) is 5.75 Å². The molecule has 1 N–H and O–H groups in total. The zero-order valence-electron chi connectivity index (χ0n) is 12.7. The van der Waals surface area contributed by atoms with E-state index in [1.807, 2.05) is 18.2 Å². The number of halogens is 1. The molecule has 0 bridgehead atoms. The largest absolute Gasteiger partial charge is 0.488 e. The summed E-state index contributed by atoms with van der Waals surface area (Å²) in [5.41, 5.74) is 2.26. The Morgan fingerprint density at radius 3 is 2.13 bits per heavy atom. The molecule has 0 spiro atoms. The van der Waals surface area contributed by atoms with Crippen LogP contribution in [-0.2, 0) is 19.7 Å². The highest BCUT2D eigenvalue weighted by Crippen LogP contribution is 2.16. The molecule has 3 aromatic rings. The fourth-order valence-corrected chi connectivity index (χ4v) is 2.82. The monoisotopic (exact) mass is 327 g/mol. The first-order chi connectivity index (χ1) is 11.3. The second-order valence-corrected chi connectivity index (χ2v) is 6.27. The predicted octanol–water partition coefficient (Wildman–Crippen LogP) is 4.76. The number of hydrogen-bond acceptors (Lipinski definition) is 3. The van der Waals surface area contributed by atoms with Gasteiger partial charge in [-0.05, 0) is 46.8 Å². The third kappa shape index (κ3) is 4.91. The van der Waals surface area contributed by atoms with Gasteiger partial charge in [0, 0.05) is 18.0 Å². The zero-order chi connectivity index (χ0) is 15.9. The predicted molar refractivity (Wildman–Crippen MR) is 92.0 cm³/mol. The molecule has 1 heterocycles. The number of ether oxygens (including phenoxy) is 1. The average molecular weight is 327 g/mol. The Morgan fingerprint density at radius 1 is 0.870 bits per heavy atom. The summed E-state index contributed by atoms with van der Waals surface area (Å²) >= 11 is 1.70. The summed E-state index contributed by atoms with van der Waals surface area (Å²) in [5, 5.41) is 5.40. The van der Waals surface area contributed by atoms with Crippen LogP contribution >= 0.6 is 11.3 Å². The molecule has 0 amide bonds. The first-order valence-electron chi connectivity index (χ1n) is 7.49. The zero-order valence-corrected chi connectivity index (χ0v) is 13.5. The van der Waals surface area contributed by atoms with Gasteiger partial charge in [-0.3, -0.25) is 0 Å².